The zero-order valence-corrected chi connectivity index (χ0v) is 19.6. The van der Waals surface area contributed by atoms with Gasteiger partial charge in [0.25, 0.3) is 11.8 Å². The van der Waals surface area contributed by atoms with Gasteiger partial charge >= 0.3 is 0 Å². The molecule has 0 saturated carbocycles. The Balaban J connectivity index is 1.13. The number of anilines is 1. The van der Waals surface area contributed by atoms with Crippen molar-refractivity contribution in [1.82, 2.24) is 14.8 Å². The minimum Gasteiger partial charge on any atom is -0.497 e. The van der Waals surface area contributed by atoms with Crippen molar-refractivity contribution < 1.29 is 19.1 Å². The van der Waals surface area contributed by atoms with Crippen LogP contribution in [0.4, 0.5) is 5.13 Å². The topological polar surface area (TPSA) is 91.8 Å². The van der Waals surface area contributed by atoms with Gasteiger partial charge in [-0.3, -0.25) is 24.2 Å². The summed E-state index contributed by atoms with van der Waals surface area (Å²) in [5, 5.41) is 5.26. The maximum Gasteiger partial charge on any atom is 0.261 e. The summed E-state index contributed by atoms with van der Waals surface area (Å²) in [5.74, 6) is -0.105. The number of carbonyl (C=O) groups is 3. The fraction of sp³-hybridized carbons (Fsp3) is 0.280. The van der Waals surface area contributed by atoms with Crippen molar-refractivity contribution >= 4 is 34.2 Å². The zero-order chi connectivity index (χ0) is 23.7. The molecule has 1 aromatic heterocycles. The molecular weight excluding hydrogens is 452 g/mol. The van der Waals surface area contributed by atoms with Gasteiger partial charge in [-0.05, 0) is 41.8 Å². The van der Waals surface area contributed by atoms with E-state index in [0.717, 1.165) is 35.9 Å². The zero-order valence-electron chi connectivity index (χ0n) is 18.7. The van der Waals surface area contributed by atoms with Gasteiger partial charge in [0.15, 0.2) is 5.13 Å². The van der Waals surface area contributed by atoms with Gasteiger partial charge in [0.1, 0.15) is 5.75 Å². The highest BCUT2D eigenvalue weighted by Crippen LogP contribution is 2.26. The minimum atomic E-state index is -0.355. The molecule has 3 aromatic rings. The molecule has 5 rings (SSSR count). The second-order valence-electron chi connectivity index (χ2n) is 8.34. The maximum absolute atomic E-state index is 12.4. The van der Waals surface area contributed by atoms with Crippen LogP contribution in [0.25, 0.3) is 0 Å². The first kappa shape index (κ1) is 22.2. The van der Waals surface area contributed by atoms with Crippen molar-refractivity contribution in [2.75, 3.05) is 25.5 Å². The molecule has 0 fully saturated rings. The number of rotatable bonds is 7. The molecule has 8 nitrogen and oxygen atoms in total. The third kappa shape index (κ3) is 4.44. The van der Waals surface area contributed by atoms with Gasteiger partial charge in [-0.2, -0.15) is 0 Å². The van der Waals surface area contributed by atoms with Gasteiger partial charge in [-0.25, -0.2) is 4.98 Å². The largest absolute Gasteiger partial charge is 0.497 e. The van der Waals surface area contributed by atoms with Gasteiger partial charge in [-0.15, -0.1) is 11.3 Å². The second-order valence-corrected chi connectivity index (χ2v) is 9.20. The molecule has 0 radical (unpaired) electrons. The van der Waals surface area contributed by atoms with Gasteiger partial charge < -0.3 is 10.1 Å². The third-order valence-electron chi connectivity index (χ3n) is 6.13. The third-order valence-corrected chi connectivity index (χ3v) is 6.94. The molecule has 2 aliphatic rings. The highest BCUT2D eigenvalue weighted by Gasteiger charge is 2.35. The van der Waals surface area contributed by atoms with Crippen LogP contribution in [0.15, 0.2) is 47.8 Å². The van der Waals surface area contributed by atoms with E-state index >= 15 is 0 Å². The predicted molar refractivity (Wildman–Crippen MR) is 128 cm³/mol. The molecule has 1 N–H and O–H groups in total. The number of carbonyl (C=O) groups excluding carboxylic acids is 3. The Bertz CT molecular complexity index is 1240. The van der Waals surface area contributed by atoms with Crippen LogP contribution in [0.5, 0.6) is 5.75 Å². The molecule has 3 heterocycles. The molecule has 0 bridgehead atoms. The number of nitrogens with zero attached hydrogens (tertiary/aromatic N) is 3. The Labute approximate surface area is 201 Å². The number of fused-ring (bicyclic) bond motifs is 2. The highest BCUT2D eigenvalue weighted by atomic mass is 32.1. The van der Waals surface area contributed by atoms with Gasteiger partial charge in [-0.1, -0.05) is 18.2 Å². The van der Waals surface area contributed by atoms with E-state index in [4.69, 9.17) is 4.74 Å². The number of imide groups is 1. The van der Waals surface area contributed by atoms with Crippen LogP contribution in [0.1, 0.15) is 44.0 Å². The normalized spacial score (nSPS) is 15.3. The molecule has 3 amide bonds. The Morgan fingerprint density at radius 1 is 1.12 bits per heavy atom. The van der Waals surface area contributed by atoms with E-state index in [0.29, 0.717) is 22.8 Å². The summed E-state index contributed by atoms with van der Waals surface area (Å²) in [5.41, 5.74) is 4.29. The van der Waals surface area contributed by atoms with Gasteiger partial charge in [0, 0.05) is 38.0 Å². The van der Waals surface area contributed by atoms with Crippen molar-refractivity contribution in [2.45, 2.75) is 25.9 Å². The molecule has 2 aliphatic heterocycles. The first-order valence-electron chi connectivity index (χ1n) is 11.1. The monoisotopic (exact) mass is 476 g/mol. The molecule has 174 valence electrons. The lowest BCUT2D eigenvalue weighted by molar-refractivity contribution is -0.116. The number of hydrogen-bond donors (Lipinski definition) is 1. The fourth-order valence-electron chi connectivity index (χ4n) is 4.35. The SMILES string of the molecule is COc1ccc2c(c1)CCN(Cc1csc(NC(=O)CCN3C(=O)c4ccccc4C3=O)n1)C2. The fourth-order valence-corrected chi connectivity index (χ4v) is 5.07. The molecule has 0 atom stereocenters. The summed E-state index contributed by atoms with van der Waals surface area (Å²) in [6.07, 6.45) is 0.977. The Morgan fingerprint density at radius 2 is 1.88 bits per heavy atom. The van der Waals surface area contributed by atoms with Crippen molar-refractivity contribution in [3.63, 3.8) is 0 Å². The number of methoxy groups -OCH3 is 1. The summed E-state index contributed by atoms with van der Waals surface area (Å²) in [7, 11) is 1.68. The lowest BCUT2D eigenvalue weighted by Gasteiger charge is -2.28. The summed E-state index contributed by atoms with van der Waals surface area (Å²) in [6, 6.07) is 12.9. The van der Waals surface area contributed by atoms with Gasteiger partial charge in [0.05, 0.1) is 23.9 Å². The minimum absolute atomic E-state index is 0.0206. The lowest BCUT2D eigenvalue weighted by atomic mass is 9.99. The van der Waals surface area contributed by atoms with Crippen LogP contribution >= 0.6 is 11.3 Å². The van der Waals surface area contributed by atoms with Crippen LogP contribution in [-0.4, -0.2) is 52.7 Å². The number of ether oxygens (including phenoxy) is 1. The maximum atomic E-state index is 12.4. The average molecular weight is 477 g/mol. The smallest absolute Gasteiger partial charge is 0.261 e. The Kier molecular flexibility index (Phi) is 6.12. The van der Waals surface area contributed by atoms with E-state index < -0.39 is 0 Å². The number of benzene rings is 2. The second kappa shape index (κ2) is 9.36. The first-order chi connectivity index (χ1) is 16.5. The number of nitrogens with one attached hydrogen (secondary N) is 1. The predicted octanol–water partition coefficient (Wildman–Crippen LogP) is 3.33. The quantitative estimate of drug-likeness (QED) is 0.526. The molecule has 0 aliphatic carbocycles. The van der Waals surface area contributed by atoms with E-state index in [1.54, 1.807) is 31.4 Å². The van der Waals surface area contributed by atoms with Crippen LogP contribution in [-0.2, 0) is 24.3 Å². The van der Waals surface area contributed by atoms with E-state index in [1.165, 1.54) is 22.5 Å². The standard InChI is InChI=1S/C25H24N4O4S/c1-33-19-7-6-17-13-28(10-8-16(17)12-19)14-18-15-34-25(26-18)27-22(30)9-11-29-23(31)20-4-2-3-5-21(20)24(29)32/h2-7,12,15H,8-11,13-14H2,1H3,(H,26,27,30). The van der Waals surface area contributed by atoms with Crippen LogP contribution < -0.4 is 10.1 Å². The van der Waals surface area contributed by atoms with Crippen molar-refractivity contribution in [1.29, 1.82) is 0 Å². The molecular formula is C25H24N4O4S. The van der Waals surface area contributed by atoms with Crippen molar-refractivity contribution in [3.8, 4) is 5.75 Å². The molecule has 0 spiro atoms. The number of aromatic nitrogens is 1. The Morgan fingerprint density at radius 3 is 2.62 bits per heavy atom. The number of hydrogen-bond acceptors (Lipinski definition) is 7. The van der Waals surface area contributed by atoms with E-state index in [2.05, 4.69) is 27.3 Å². The summed E-state index contributed by atoms with van der Waals surface area (Å²) < 4.78 is 5.32. The van der Waals surface area contributed by atoms with Crippen LogP contribution in [0.2, 0.25) is 0 Å². The summed E-state index contributed by atoms with van der Waals surface area (Å²) in [6.45, 7) is 2.51. The first-order valence-corrected chi connectivity index (χ1v) is 12.0. The van der Waals surface area contributed by atoms with Gasteiger partial charge in [0.2, 0.25) is 5.91 Å². The van der Waals surface area contributed by atoms with E-state index in [9.17, 15) is 14.4 Å². The average Bonchev–Trinajstić information content (AvgIpc) is 3.39. The van der Waals surface area contributed by atoms with Crippen LogP contribution in [0, 0.1) is 0 Å². The molecule has 0 saturated heterocycles. The summed E-state index contributed by atoms with van der Waals surface area (Å²) >= 11 is 1.37. The Hall–Kier alpha value is -3.56. The lowest BCUT2D eigenvalue weighted by Crippen LogP contribution is -2.32. The molecule has 2 aromatic carbocycles. The molecule has 34 heavy (non-hydrogen) atoms. The molecule has 0 unspecified atom stereocenters. The van der Waals surface area contributed by atoms with Crippen molar-refractivity contribution in [3.05, 3.63) is 75.8 Å². The van der Waals surface area contributed by atoms with E-state index in [-0.39, 0.29) is 30.7 Å². The number of amides is 3. The molecule has 9 heteroatoms. The highest BCUT2D eigenvalue weighted by molar-refractivity contribution is 7.13. The van der Waals surface area contributed by atoms with E-state index in [1.807, 2.05) is 11.4 Å². The van der Waals surface area contributed by atoms with Crippen molar-refractivity contribution in [2.24, 2.45) is 0 Å². The number of thiazole rings is 1. The summed E-state index contributed by atoms with van der Waals surface area (Å²) in [4.78, 5) is 45.3. The van der Waals surface area contributed by atoms with Crippen LogP contribution in [0.3, 0.4) is 0 Å².